The SMILES string of the molecule is CCC1(C)C(O)CC1OCC(C)C. The molecule has 1 rings (SSSR count). The topological polar surface area (TPSA) is 29.5 Å². The van der Waals surface area contributed by atoms with Gasteiger partial charge in [0.1, 0.15) is 0 Å². The summed E-state index contributed by atoms with van der Waals surface area (Å²) in [5.41, 5.74) is 0.00882. The van der Waals surface area contributed by atoms with Crippen LogP contribution in [0.5, 0.6) is 0 Å². The van der Waals surface area contributed by atoms with Gasteiger partial charge in [0.25, 0.3) is 0 Å². The summed E-state index contributed by atoms with van der Waals surface area (Å²) in [6, 6.07) is 0. The van der Waals surface area contributed by atoms with Gasteiger partial charge in [-0.25, -0.2) is 0 Å². The first-order valence-corrected chi connectivity index (χ1v) is 5.30. The van der Waals surface area contributed by atoms with Crippen molar-refractivity contribution in [2.45, 2.75) is 52.7 Å². The molecule has 78 valence electrons. The summed E-state index contributed by atoms with van der Waals surface area (Å²) in [6.45, 7) is 9.35. The Hall–Kier alpha value is -0.0800. The fourth-order valence-electron chi connectivity index (χ4n) is 1.83. The van der Waals surface area contributed by atoms with E-state index in [1.807, 2.05) is 0 Å². The highest BCUT2D eigenvalue weighted by molar-refractivity contribution is 5.00. The minimum absolute atomic E-state index is 0.00882. The smallest absolute Gasteiger partial charge is 0.0678 e. The first kappa shape index (κ1) is 11.0. The lowest BCUT2D eigenvalue weighted by Gasteiger charge is -2.50. The molecular formula is C11H22O2. The molecule has 0 amide bonds. The number of ether oxygens (including phenoxy) is 1. The van der Waals surface area contributed by atoms with Crippen LogP contribution in [-0.2, 0) is 4.74 Å². The van der Waals surface area contributed by atoms with Crippen LogP contribution in [0.4, 0.5) is 0 Å². The standard InChI is InChI=1S/C11H22O2/c1-5-11(4)9(12)6-10(11)13-7-8(2)3/h8-10,12H,5-7H2,1-4H3. The van der Waals surface area contributed by atoms with Crippen molar-refractivity contribution in [1.29, 1.82) is 0 Å². The maximum atomic E-state index is 9.62. The molecule has 13 heavy (non-hydrogen) atoms. The minimum atomic E-state index is -0.158. The summed E-state index contributed by atoms with van der Waals surface area (Å²) in [5.74, 6) is 0.582. The number of hydrogen-bond acceptors (Lipinski definition) is 2. The van der Waals surface area contributed by atoms with E-state index in [2.05, 4.69) is 27.7 Å². The number of aliphatic hydroxyl groups is 1. The second-order valence-electron chi connectivity index (χ2n) is 4.83. The van der Waals surface area contributed by atoms with Gasteiger partial charge < -0.3 is 9.84 Å². The molecule has 2 nitrogen and oxygen atoms in total. The zero-order chi connectivity index (χ0) is 10.1. The summed E-state index contributed by atoms with van der Waals surface area (Å²) >= 11 is 0. The molecule has 1 aliphatic rings. The molecule has 1 N–H and O–H groups in total. The Morgan fingerprint density at radius 3 is 2.54 bits per heavy atom. The fourth-order valence-corrected chi connectivity index (χ4v) is 1.83. The van der Waals surface area contributed by atoms with Crippen molar-refractivity contribution in [2.24, 2.45) is 11.3 Å². The molecule has 0 bridgehead atoms. The predicted octanol–water partition coefficient (Wildman–Crippen LogP) is 2.21. The molecule has 0 aromatic heterocycles. The van der Waals surface area contributed by atoms with Gasteiger partial charge in [0, 0.05) is 18.4 Å². The minimum Gasteiger partial charge on any atom is -0.392 e. The van der Waals surface area contributed by atoms with Crippen molar-refractivity contribution in [3.8, 4) is 0 Å². The Morgan fingerprint density at radius 1 is 1.54 bits per heavy atom. The normalized spacial score (nSPS) is 39.2. The van der Waals surface area contributed by atoms with E-state index < -0.39 is 0 Å². The second kappa shape index (κ2) is 3.97. The molecule has 1 saturated carbocycles. The zero-order valence-corrected chi connectivity index (χ0v) is 9.21. The Labute approximate surface area is 81.3 Å². The molecular weight excluding hydrogens is 164 g/mol. The van der Waals surface area contributed by atoms with Crippen LogP contribution in [0.1, 0.15) is 40.5 Å². The van der Waals surface area contributed by atoms with Crippen LogP contribution >= 0.6 is 0 Å². The lowest BCUT2D eigenvalue weighted by Crippen LogP contribution is -2.56. The molecule has 0 heterocycles. The van der Waals surface area contributed by atoms with Crippen LogP contribution in [0.2, 0.25) is 0 Å². The lowest BCUT2D eigenvalue weighted by atomic mass is 9.63. The third kappa shape index (κ3) is 2.05. The van der Waals surface area contributed by atoms with Crippen LogP contribution in [0.15, 0.2) is 0 Å². The zero-order valence-electron chi connectivity index (χ0n) is 9.21. The number of aliphatic hydroxyl groups excluding tert-OH is 1. The number of rotatable bonds is 4. The molecule has 0 saturated heterocycles. The van der Waals surface area contributed by atoms with E-state index in [-0.39, 0.29) is 17.6 Å². The first-order valence-electron chi connectivity index (χ1n) is 5.30. The molecule has 1 aliphatic carbocycles. The quantitative estimate of drug-likeness (QED) is 0.729. The summed E-state index contributed by atoms with van der Waals surface area (Å²) in [4.78, 5) is 0. The highest BCUT2D eigenvalue weighted by Crippen LogP contribution is 2.45. The summed E-state index contributed by atoms with van der Waals surface area (Å²) < 4.78 is 5.76. The molecule has 0 aromatic carbocycles. The van der Waals surface area contributed by atoms with Gasteiger partial charge in [0.15, 0.2) is 0 Å². The first-order chi connectivity index (χ1) is 6.00. The maximum absolute atomic E-state index is 9.62. The van der Waals surface area contributed by atoms with Crippen molar-refractivity contribution >= 4 is 0 Å². The molecule has 0 aromatic rings. The lowest BCUT2D eigenvalue weighted by molar-refractivity contribution is -0.188. The van der Waals surface area contributed by atoms with Crippen molar-refractivity contribution in [3.63, 3.8) is 0 Å². The van der Waals surface area contributed by atoms with Crippen LogP contribution in [0.25, 0.3) is 0 Å². The van der Waals surface area contributed by atoms with E-state index in [0.29, 0.717) is 5.92 Å². The van der Waals surface area contributed by atoms with Crippen molar-refractivity contribution in [1.82, 2.24) is 0 Å². The van der Waals surface area contributed by atoms with Gasteiger partial charge >= 0.3 is 0 Å². The van der Waals surface area contributed by atoms with Crippen LogP contribution in [0.3, 0.4) is 0 Å². The van der Waals surface area contributed by atoms with Crippen molar-refractivity contribution < 1.29 is 9.84 Å². The average molecular weight is 186 g/mol. The van der Waals surface area contributed by atoms with Crippen LogP contribution in [-0.4, -0.2) is 23.9 Å². The third-order valence-corrected chi connectivity index (χ3v) is 3.33. The monoisotopic (exact) mass is 186 g/mol. The summed E-state index contributed by atoms with van der Waals surface area (Å²) in [7, 11) is 0. The summed E-state index contributed by atoms with van der Waals surface area (Å²) in [5, 5.41) is 9.62. The Bertz CT molecular complexity index is 167. The van der Waals surface area contributed by atoms with Crippen LogP contribution < -0.4 is 0 Å². The van der Waals surface area contributed by atoms with Crippen molar-refractivity contribution in [3.05, 3.63) is 0 Å². The second-order valence-corrected chi connectivity index (χ2v) is 4.83. The highest BCUT2D eigenvalue weighted by Gasteiger charge is 2.50. The molecule has 3 unspecified atom stereocenters. The third-order valence-electron chi connectivity index (χ3n) is 3.33. The van der Waals surface area contributed by atoms with E-state index in [9.17, 15) is 5.11 Å². The van der Waals surface area contributed by atoms with E-state index >= 15 is 0 Å². The predicted molar refractivity (Wildman–Crippen MR) is 53.6 cm³/mol. The Balaban J connectivity index is 2.37. The Kier molecular flexibility index (Phi) is 3.36. The molecule has 0 spiro atoms. The largest absolute Gasteiger partial charge is 0.392 e. The average Bonchev–Trinajstić information content (AvgIpc) is 2.10. The molecule has 1 fully saturated rings. The summed E-state index contributed by atoms with van der Waals surface area (Å²) in [6.07, 6.45) is 1.93. The molecule has 2 heteroatoms. The van der Waals surface area contributed by atoms with E-state index in [1.165, 1.54) is 0 Å². The number of hydrogen-bond donors (Lipinski definition) is 1. The van der Waals surface area contributed by atoms with E-state index in [1.54, 1.807) is 0 Å². The van der Waals surface area contributed by atoms with Crippen LogP contribution in [0, 0.1) is 11.3 Å². The van der Waals surface area contributed by atoms with Gasteiger partial charge in [0.05, 0.1) is 12.2 Å². The Morgan fingerprint density at radius 2 is 2.15 bits per heavy atom. The van der Waals surface area contributed by atoms with Gasteiger partial charge in [-0.2, -0.15) is 0 Å². The highest BCUT2D eigenvalue weighted by atomic mass is 16.5. The molecule has 3 atom stereocenters. The maximum Gasteiger partial charge on any atom is 0.0678 e. The molecule has 0 radical (unpaired) electrons. The van der Waals surface area contributed by atoms with Gasteiger partial charge in [-0.05, 0) is 12.3 Å². The van der Waals surface area contributed by atoms with E-state index in [0.717, 1.165) is 19.4 Å². The van der Waals surface area contributed by atoms with Gasteiger partial charge in [-0.15, -0.1) is 0 Å². The fraction of sp³-hybridized carbons (Fsp3) is 1.00. The van der Waals surface area contributed by atoms with E-state index in [4.69, 9.17) is 4.74 Å². The van der Waals surface area contributed by atoms with Crippen molar-refractivity contribution in [2.75, 3.05) is 6.61 Å². The van der Waals surface area contributed by atoms with Gasteiger partial charge in [0.2, 0.25) is 0 Å². The molecule has 0 aliphatic heterocycles. The van der Waals surface area contributed by atoms with Gasteiger partial charge in [-0.3, -0.25) is 0 Å². The van der Waals surface area contributed by atoms with Gasteiger partial charge in [-0.1, -0.05) is 27.7 Å².